The van der Waals surface area contributed by atoms with Gasteiger partial charge in [-0.25, -0.2) is 0 Å². The van der Waals surface area contributed by atoms with Gasteiger partial charge in [0.15, 0.2) is 5.76 Å². The van der Waals surface area contributed by atoms with Crippen LogP contribution in [0, 0.1) is 6.92 Å². The molecule has 1 heterocycles. The van der Waals surface area contributed by atoms with Crippen LogP contribution >= 0.6 is 0 Å². The van der Waals surface area contributed by atoms with Gasteiger partial charge in [-0.3, -0.25) is 4.79 Å². The highest BCUT2D eigenvalue weighted by molar-refractivity contribution is 6.02. The summed E-state index contributed by atoms with van der Waals surface area (Å²) in [7, 11) is 0. The summed E-state index contributed by atoms with van der Waals surface area (Å²) in [5.74, 6) is 0.699. The smallest absolute Gasteiger partial charge is 0.291 e. The van der Waals surface area contributed by atoms with E-state index in [0.717, 1.165) is 5.56 Å². The standard InChI is InChI=1S/C14H15NO3/c1-9-3-8-13(18-9)14(17)15-12-6-4-11(5-7-12)10(2)16/h3-8,10,16H,1-2H3,(H,15,17). The molecule has 1 aromatic carbocycles. The number of furan rings is 1. The molecule has 0 fully saturated rings. The Morgan fingerprint density at radius 1 is 1.22 bits per heavy atom. The molecule has 0 aliphatic rings. The molecule has 2 rings (SSSR count). The van der Waals surface area contributed by atoms with Gasteiger partial charge in [-0.2, -0.15) is 0 Å². The van der Waals surface area contributed by atoms with E-state index in [9.17, 15) is 9.90 Å². The Kier molecular flexibility index (Phi) is 3.48. The average molecular weight is 245 g/mol. The monoisotopic (exact) mass is 245 g/mol. The van der Waals surface area contributed by atoms with Gasteiger partial charge in [0.2, 0.25) is 0 Å². The van der Waals surface area contributed by atoms with Crippen LogP contribution in [0.3, 0.4) is 0 Å². The maximum atomic E-state index is 11.8. The zero-order chi connectivity index (χ0) is 13.1. The Morgan fingerprint density at radius 2 is 1.89 bits per heavy atom. The van der Waals surface area contributed by atoms with E-state index >= 15 is 0 Å². The molecule has 0 spiro atoms. The minimum atomic E-state index is -0.512. The summed E-state index contributed by atoms with van der Waals surface area (Å²) >= 11 is 0. The number of aliphatic hydroxyl groups is 1. The first-order valence-corrected chi connectivity index (χ1v) is 5.72. The molecule has 1 amide bonds. The summed E-state index contributed by atoms with van der Waals surface area (Å²) in [6.45, 7) is 3.48. The average Bonchev–Trinajstić information content (AvgIpc) is 2.76. The van der Waals surface area contributed by atoms with Crippen molar-refractivity contribution in [3.05, 3.63) is 53.5 Å². The minimum Gasteiger partial charge on any atom is -0.456 e. The van der Waals surface area contributed by atoms with Gasteiger partial charge in [-0.15, -0.1) is 0 Å². The van der Waals surface area contributed by atoms with E-state index in [1.54, 1.807) is 50.2 Å². The van der Waals surface area contributed by atoms with Gasteiger partial charge in [0.1, 0.15) is 5.76 Å². The maximum Gasteiger partial charge on any atom is 0.291 e. The largest absolute Gasteiger partial charge is 0.456 e. The lowest BCUT2D eigenvalue weighted by Gasteiger charge is -2.07. The third-order valence-corrected chi connectivity index (χ3v) is 2.62. The predicted molar refractivity (Wildman–Crippen MR) is 68.5 cm³/mol. The topological polar surface area (TPSA) is 62.5 Å². The van der Waals surface area contributed by atoms with E-state index in [0.29, 0.717) is 11.4 Å². The van der Waals surface area contributed by atoms with E-state index in [1.807, 2.05) is 0 Å². The lowest BCUT2D eigenvalue weighted by Crippen LogP contribution is -2.10. The number of carbonyl (C=O) groups excluding carboxylic acids is 1. The molecule has 0 aliphatic heterocycles. The van der Waals surface area contributed by atoms with Crippen molar-refractivity contribution in [1.29, 1.82) is 0 Å². The van der Waals surface area contributed by atoms with Crippen LogP contribution in [0.5, 0.6) is 0 Å². The van der Waals surface area contributed by atoms with Crippen molar-refractivity contribution < 1.29 is 14.3 Å². The zero-order valence-electron chi connectivity index (χ0n) is 10.3. The third-order valence-electron chi connectivity index (χ3n) is 2.62. The molecule has 4 nitrogen and oxygen atoms in total. The Hall–Kier alpha value is -2.07. The highest BCUT2D eigenvalue weighted by Crippen LogP contribution is 2.16. The van der Waals surface area contributed by atoms with E-state index in [4.69, 9.17) is 4.42 Å². The van der Waals surface area contributed by atoms with Crippen molar-refractivity contribution in [3.8, 4) is 0 Å². The molecular weight excluding hydrogens is 230 g/mol. The molecule has 18 heavy (non-hydrogen) atoms. The van der Waals surface area contributed by atoms with Crippen LogP contribution in [-0.2, 0) is 0 Å². The van der Waals surface area contributed by atoms with Crippen LogP contribution in [-0.4, -0.2) is 11.0 Å². The van der Waals surface area contributed by atoms with Gasteiger partial charge in [0.25, 0.3) is 5.91 Å². The third kappa shape index (κ3) is 2.78. The van der Waals surface area contributed by atoms with Gasteiger partial charge < -0.3 is 14.8 Å². The van der Waals surface area contributed by atoms with E-state index in [1.165, 1.54) is 0 Å². The molecular formula is C14H15NO3. The molecule has 0 aliphatic carbocycles. The molecule has 0 saturated carbocycles. The van der Waals surface area contributed by atoms with Crippen LogP contribution < -0.4 is 5.32 Å². The second kappa shape index (κ2) is 5.06. The molecule has 0 saturated heterocycles. The number of aryl methyl sites for hydroxylation is 1. The fraction of sp³-hybridized carbons (Fsp3) is 0.214. The SMILES string of the molecule is Cc1ccc(C(=O)Nc2ccc(C(C)O)cc2)o1. The fourth-order valence-electron chi connectivity index (χ4n) is 1.59. The number of nitrogens with one attached hydrogen (secondary N) is 1. The lowest BCUT2D eigenvalue weighted by atomic mass is 10.1. The summed E-state index contributed by atoms with van der Waals surface area (Å²) < 4.78 is 5.23. The second-order valence-corrected chi connectivity index (χ2v) is 4.16. The van der Waals surface area contributed by atoms with Crippen LogP contribution in [0.4, 0.5) is 5.69 Å². The first-order valence-electron chi connectivity index (χ1n) is 5.72. The van der Waals surface area contributed by atoms with Gasteiger partial charge >= 0.3 is 0 Å². The van der Waals surface area contributed by atoms with Gasteiger partial charge in [-0.1, -0.05) is 12.1 Å². The van der Waals surface area contributed by atoms with E-state index in [-0.39, 0.29) is 11.7 Å². The van der Waals surface area contributed by atoms with Gasteiger partial charge in [0, 0.05) is 5.69 Å². The number of hydrogen-bond donors (Lipinski definition) is 2. The molecule has 1 unspecified atom stereocenters. The second-order valence-electron chi connectivity index (χ2n) is 4.16. The van der Waals surface area contributed by atoms with Gasteiger partial charge in [0.05, 0.1) is 6.10 Å². The quantitative estimate of drug-likeness (QED) is 0.874. The minimum absolute atomic E-state index is 0.284. The molecule has 1 atom stereocenters. The van der Waals surface area contributed by atoms with Crippen molar-refractivity contribution in [1.82, 2.24) is 0 Å². The summed E-state index contributed by atoms with van der Waals surface area (Å²) in [6.07, 6.45) is -0.512. The highest BCUT2D eigenvalue weighted by atomic mass is 16.3. The summed E-state index contributed by atoms with van der Waals surface area (Å²) in [5.41, 5.74) is 1.47. The number of carbonyl (C=O) groups is 1. The number of amides is 1. The van der Waals surface area contributed by atoms with Crippen LogP contribution in [0.2, 0.25) is 0 Å². The number of anilines is 1. The molecule has 1 aromatic heterocycles. The fourth-order valence-corrected chi connectivity index (χ4v) is 1.59. The highest BCUT2D eigenvalue weighted by Gasteiger charge is 2.10. The number of benzene rings is 1. The van der Waals surface area contributed by atoms with Crippen LogP contribution in [0.1, 0.15) is 34.9 Å². The summed E-state index contributed by atoms with van der Waals surface area (Å²) in [4.78, 5) is 11.8. The number of aliphatic hydroxyl groups excluding tert-OH is 1. The normalized spacial score (nSPS) is 12.2. The van der Waals surface area contributed by atoms with E-state index < -0.39 is 6.10 Å². The first kappa shape index (κ1) is 12.4. The summed E-state index contributed by atoms with van der Waals surface area (Å²) in [6, 6.07) is 10.4. The van der Waals surface area contributed by atoms with Crippen molar-refractivity contribution in [2.45, 2.75) is 20.0 Å². The Morgan fingerprint density at radius 3 is 2.39 bits per heavy atom. The van der Waals surface area contributed by atoms with E-state index in [2.05, 4.69) is 5.32 Å². The maximum absolute atomic E-state index is 11.8. The molecule has 0 bridgehead atoms. The van der Waals surface area contributed by atoms with Crippen molar-refractivity contribution in [3.63, 3.8) is 0 Å². The number of hydrogen-bond acceptors (Lipinski definition) is 3. The molecule has 2 aromatic rings. The molecule has 4 heteroatoms. The van der Waals surface area contributed by atoms with Crippen molar-refractivity contribution in [2.24, 2.45) is 0 Å². The number of rotatable bonds is 3. The van der Waals surface area contributed by atoms with Gasteiger partial charge in [-0.05, 0) is 43.7 Å². The molecule has 2 N–H and O–H groups in total. The lowest BCUT2D eigenvalue weighted by molar-refractivity contribution is 0.0995. The Bertz CT molecular complexity index is 540. The van der Waals surface area contributed by atoms with Crippen molar-refractivity contribution in [2.75, 3.05) is 5.32 Å². The molecule has 94 valence electrons. The Labute approximate surface area is 105 Å². The summed E-state index contributed by atoms with van der Waals surface area (Å²) in [5, 5.41) is 12.1. The van der Waals surface area contributed by atoms with Crippen molar-refractivity contribution >= 4 is 11.6 Å². The van der Waals surface area contributed by atoms with Crippen LogP contribution in [0.15, 0.2) is 40.8 Å². The Balaban J connectivity index is 2.07. The molecule has 0 radical (unpaired) electrons. The van der Waals surface area contributed by atoms with Crippen LogP contribution in [0.25, 0.3) is 0 Å². The predicted octanol–water partition coefficient (Wildman–Crippen LogP) is 2.89. The zero-order valence-corrected chi connectivity index (χ0v) is 10.3. The first-order chi connectivity index (χ1) is 8.56.